The number of hydrogen-bond donors (Lipinski definition) is 3. The smallest absolute Gasteiger partial charge is 0.374 e. The van der Waals surface area contributed by atoms with Gasteiger partial charge >= 0.3 is 8.80 Å². The number of halogens is 2. The summed E-state index contributed by atoms with van der Waals surface area (Å²) in [6.07, 6.45) is 0.745. The molecular formula is C32H41Cl2N5O4Si. The normalized spacial score (nSPS) is 20.3. The van der Waals surface area contributed by atoms with Gasteiger partial charge in [0.05, 0.1) is 33.5 Å². The number of nitrogens with two attached hydrogens (primary N) is 1. The van der Waals surface area contributed by atoms with Crippen molar-refractivity contribution < 1.29 is 18.1 Å². The number of amides is 1. The van der Waals surface area contributed by atoms with E-state index in [4.69, 9.17) is 42.3 Å². The first-order chi connectivity index (χ1) is 21.1. The maximum Gasteiger partial charge on any atom is 0.500 e. The third-order valence-corrected chi connectivity index (χ3v) is 12.3. The molecule has 4 N–H and O–H groups in total. The molecule has 44 heavy (non-hydrogen) atoms. The van der Waals surface area contributed by atoms with Crippen LogP contribution in [0.25, 0.3) is 10.8 Å². The van der Waals surface area contributed by atoms with Crippen molar-refractivity contribution in [3.05, 3.63) is 69.4 Å². The molecule has 0 saturated carbocycles. The van der Waals surface area contributed by atoms with Crippen molar-refractivity contribution in [1.29, 1.82) is 10.5 Å². The molecule has 12 heteroatoms. The average Bonchev–Trinajstić information content (AvgIpc) is 3.03. The number of nitriles is 2. The molecule has 0 radical (unpaired) electrons. The van der Waals surface area contributed by atoms with Gasteiger partial charge < -0.3 is 18.6 Å². The van der Waals surface area contributed by atoms with Gasteiger partial charge in [-0.15, -0.1) is 0 Å². The minimum atomic E-state index is -3.01. The first kappa shape index (κ1) is 35.7. The quantitative estimate of drug-likeness (QED) is 0.114. The maximum atomic E-state index is 13.7. The lowest BCUT2D eigenvalue weighted by molar-refractivity contribution is -0.124. The highest BCUT2D eigenvalue weighted by atomic mass is 35.5. The van der Waals surface area contributed by atoms with Crippen LogP contribution < -0.4 is 16.6 Å². The standard InChI is InChI=1S/C32H41Cl2N5O4Si/c1-6-41-44(42-7-2,43-8-3)18-12-17-27-26(19-35)29(28(33)30(34)32(27,20-36)39-37)38-31(40)22(5)21(4)24-16-11-14-23-13-9-10-15-25(23)24/h9-11,13-16,21-22,27,39H,6-8,12,17-18,37H2,1-5H3,(H,38,40)/t21-,22?,27?,32?/m1/s1. The van der Waals surface area contributed by atoms with Gasteiger partial charge in [0.25, 0.3) is 0 Å². The van der Waals surface area contributed by atoms with E-state index in [1.54, 1.807) is 0 Å². The molecule has 1 amide bonds. The minimum absolute atomic E-state index is 0.0789. The fourth-order valence-electron chi connectivity index (χ4n) is 5.79. The number of nitrogens with zero attached hydrogens (tertiary/aromatic N) is 2. The third-order valence-electron chi connectivity index (χ3n) is 8.22. The van der Waals surface area contributed by atoms with Gasteiger partial charge in [-0.25, -0.2) is 5.43 Å². The lowest BCUT2D eigenvalue weighted by Gasteiger charge is -2.39. The maximum absolute atomic E-state index is 13.7. The number of fused-ring (bicyclic) bond motifs is 1. The number of hydrogen-bond acceptors (Lipinski definition) is 8. The van der Waals surface area contributed by atoms with E-state index in [9.17, 15) is 15.3 Å². The molecule has 2 aromatic carbocycles. The van der Waals surface area contributed by atoms with Gasteiger partial charge in [-0.2, -0.15) is 10.5 Å². The molecular weight excluding hydrogens is 617 g/mol. The second kappa shape index (κ2) is 16.0. The summed E-state index contributed by atoms with van der Waals surface area (Å²) in [6.45, 7) is 10.7. The second-order valence-corrected chi connectivity index (χ2v) is 14.1. The summed E-state index contributed by atoms with van der Waals surface area (Å²) in [5.41, 5.74) is 2.05. The highest BCUT2D eigenvalue weighted by molar-refractivity contribution is 6.60. The summed E-state index contributed by atoms with van der Waals surface area (Å²) in [7, 11) is -3.01. The Morgan fingerprint density at radius 1 is 1.05 bits per heavy atom. The number of hydrazine groups is 1. The average molecular weight is 659 g/mol. The van der Waals surface area contributed by atoms with Crippen LogP contribution in [0.1, 0.15) is 58.9 Å². The molecule has 0 spiro atoms. The van der Waals surface area contributed by atoms with Crippen molar-refractivity contribution >= 4 is 48.7 Å². The van der Waals surface area contributed by atoms with Gasteiger partial charge in [-0.1, -0.05) is 79.5 Å². The Hall–Kier alpha value is -2.77. The summed E-state index contributed by atoms with van der Waals surface area (Å²) in [5, 5.41) is 25.5. The molecule has 0 saturated heterocycles. The van der Waals surface area contributed by atoms with Gasteiger partial charge in [0.1, 0.15) is 0 Å². The molecule has 0 aliphatic heterocycles. The summed E-state index contributed by atoms with van der Waals surface area (Å²) < 4.78 is 17.9. The van der Waals surface area contributed by atoms with Crippen LogP contribution in [-0.4, -0.2) is 40.1 Å². The molecule has 3 unspecified atom stereocenters. The van der Waals surface area contributed by atoms with E-state index in [-0.39, 0.29) is 39.6 Å². The molecule has 0 heterocycles. The van der Waals surface area contributed by atoms with E-state index in [0.29, 0.717) is 32.3 Å². The van der Waals surface area contributed by atoms with Crippen molar-refractivity contribution in [1.82, 2.24) is 10.7 Å². The summed E-state index contributed by atoms with van der Waals surface area (Å²) in [4.78, 5) is 13.7. The van der Waals surface area contributed by atoms with Crippen molar-refractivity contribution in [2.24, 2.45) is 17.7 Å². The van der Waals surface area contributed by atoms with E-state index >= 15 is 0 Å². The zero-order valence-electron chi connectivity index (χ0n) is 25.9. The molecule has 0 bridgehead atoms. The van der Waals surface area contributed by atoms with Crippen molar-refractivity contribution in [3.8, 4) is 12.1 Å². The van der Waals surface area contributed by atoms with Gasteiger partial charge in [0, 0.05) is 37.7 Å². The number of carbonyl (C=O) groups is 1. The van der Waals surface area contributed by atoms with Gasteiger partial charge in [0.15, 0.2) is 5.54 Å². The lowest BCUT2D eigenvalue weighted by atomic mass is 9.73. The minimum Gasteiger partial charge on any atom is -0.374 e. The molecule has 1 aliphatic rings. The van der Waals surface area contributed by atoms with Crippen LogP contribution in [0.5, 0.6) is 0 Å². The van der Waals surface area contributed by atoms with Crippen molar-refractivity contribution in [3.63, 3.8) is 0 Å². The second-order valence-electron chi connectivity index (χ2n) is 10.7. The first-order valence-electron chi connectivity index (χ1n) is 14.9. The Morgan fingerprint density at radius 2 is 1.66 bits per heavy atom. The van der Waals surface area contributed by atoms with Gasteiger partial charge in [-0.3, -0.25) is 10.6 Å². The van der Waals surface area contributed by atoms with Crippen LogP contribution in [0.3, 0.4) is 0 Å². The lowest BCUT2D eigenvalue weighted by Crippen LogP contribution is -2.57. The summed E-state index contributed by atoms with van der Waals surface area (Å²) in [6, 6.07) is 18.8. The van der Waals surface area contributed by atoms with Crippen LogP contribution in [0, 0.1) is 34.5 Å². The monoisotopic (exact) mass is 657 g/mol. The van der Waals surface area contributed by atoms with Crippen LogP contribution in [0.4, 0.5) is 0 Å². The van der Waals surface area contributed by atoms with E-state index in [1.165, 1.54) is 0 Å². The summed E-state index contributed by atoms with van der Waals surface area (Å²) in [5.74, 6) is 4.08. The summed E-state index contributed by atoms with van der Waals surface area (Å²) >= 11 is 13.4. The first-order valence-corrected chi connectivity index (χ1v) is 17.6. The van der Waals surface area contributed by atoms with E-state index < -0.39 is 26.2 Å². The zero-order chi connectivity index (χ0) is 32.5. The molecule has 1 aliphatic carbocycles. The van der Waals surface area contributed by atoms with Gasteiger partial charge in [0.2, 0.25) is 5.91 Å². The molecule has 0 aromatic heterocycles. The topological polar surface area (TPSA) is 142 Å². The number of carbonyl (C=O) groups excluding carboxylic acids is 1. The Labute approximate surface area is 271 Å². The highest BCUT2D eigenvalue weighted by Crippen LogP contribution is 2.46. The van der Waals surface area contributed by atoms with Crippen LogP contribution in [-0.2, 0) is 18.1 Å². The predicted octanol–water partition coefficient (Wildman–Crippen LogP) is 6.35. The molecule has 3 rings (SSSR count). The van der Waals surface area contributed by atoms with E-state index in [0.717, 1.165) is 16.3 Å². The largest absolute Gasteiger partial charge is 0.500 e. The van der Waals surface area contributed by atoms with Crippen LogP contribution in [0.2, 0.25) is 6.04 Å². The van der Waals surface area contributed by atoms with Crippen molar-refractivity contribution in [2.45, 2.75) is 65.0 Å². The number of allylic oxidation sites excluding steroid dienone is 1. The van der Waals surface area contributed by atoms with Crippen LogP contribution >= 0.6 is 23.2 Å². The highest BCUT2D eigenvalue weighted by Gasteiger charge is 2.50. The molecule has 4 atom stereocenters. The van der Waals surface area contributed by atoms with E-state index in [2.05, 4.69) is 22.9 Å². The fourth-order valence-corrected chi connectivity index (χ4v) is 9.05. The SMILES string of the molecule is CCO[Si](CCCC1C(C#N)=C(NC(=O)C(C)[C@@H](C)c2cccc3ccccc23)C(Cl)=C(Cl)C1(C#N)NN)(OCC)OCC. The molecule has 9 nitrogen and oxygen atoms in total. The van der Waals surface area contributed by atoms with Crippen LogP contribution in [0.15, 0.2) is 63.8 Å². The Kier molecular flexibility index (Phi) is 13.0. The molecule has 0 fully saturated rings. The zero-order valence-corrected chi connectivity index (χ0v) is 28.4. The Bertz CT molecular complexity index is 1460. The molecule has 236 valence electrons. The third kappa shape index (κ3) is 7.20. The molecule has 2 aromatic rings. The Balaban J connectivity index is 1.96. The number of rotatable bonds is 15. The van der Waals surface area contributed by atoms with E-state index in [1.807, 2.05) is 77.1 Å². The van der Waals surface area contributed by atoms with Crippen molar-refractivity contribution in [2.75, 3.05) is 19.8 Å². The number of benzene rings is 2. The Morgan fingerprint density at radius 3 is 2.23 bits per heavy atom. The fraction of sp³-hybridized carbons (Fsp3) is 0.469. The number of nitrogens with one attached hydrogen (secondary N) is 2. The van der Waals surface area contributed by atoms with Gasteiger partial charge in [-0.05, 0) is 55.9 Å². The predicted molar refractivity (Wildman–Crippen MR) is 175 cm³/mol.